The Kier molecular flexibility index (Phi) is 7.23. The molecule has 0 atom stereocenters. The van der Waals surface area contributed by atoms with E-state index in [1.54, 1.807) is 30.5 Å². The van der Waals surface area contributed by atoms with Crippen molar-refractivity contribution in [3.05, 3.63) is 129 Å². The minimum atomic E-state index is -0.285. The molecule has 2 heterocycles. The molecule has 0 saturated carbocycles. The summed E-state index contributed by atoms with van der Waals surface area (Å²) in [6, 6.07) is 29.3. The summed E-state index contributed by atoms with van der Waals surface area (Å²) in [4.78, 5) is 12.8. The Balaban J connectivity index is 1.32. The molecule has 3 aromatic carbocycles. The molecular weight excluding hydrogens is 515 g/mol. The van der Waals surface area contributed by atoms with Crippen LogP contribution >= 0.6 is 23.2 Å². The van der Waals surface area contributed by atoms with E-state index in [1.165, 1.54) is 0 Å². The molecule has 7 heteroatoms. The number of carbonyl (C=O) groups excluding carboxylic acids is 1. The largest absolute Gasteiger partial charge is 0.316 e. The van der Waals surface area contributed by atoms with Crippen LogP contribution in [0.15, 0.2) is 96.1 Å². The molecule has 0 aliphatic rings. The van der Waals surface area contributed by atoms with Gasteiger partial charge in [0.1, 0.15) is 0 Å². The number of amides is 1. The van der Waals surface area contributed by atoms with Crippen molar-refractivity contribution in [1.29, 1.82) is 0 Å². The molecule has 2 aromatic heterocycles. The van der Waals surface area contributed by atoms with Gasteiger partial charge in [0.15, 0.2) is 0 Å². The van der Waals surface area contributed by atoms with Gasteiger partial charge in [-0.3, -0.25) is 4.79 Å². The summed E-state index contributed by atoms with van der Waals surface area (Å²) in [5, 5.41) is 5.41. The third kappa shape index (κ3) is 5.03. The van der Waals surface area contributed by atoms with E-state index < -0.39 is 0 Å². The van der Waals surface area contributed by atoms with Gasteiger partial charge in [-0.1, -0.05) is 53.5 Å². The van der Waals surface area contributed by atoms with Gasteiger partial charge in [0, 0.05) is 38.9 Å². The first-order valence-corrected chi connectivity index (χ1v) is 12.9. The van der Waals surface area contributed by atoms with E-state index in [9.17, 15) is 4.79 Å². The number of hydrogen-bond acceptors (Lipinski definition) is 2. The molecule has 0 spiro atoms. The van der Waals surface area contributed by atoms with Crippen molar-refractivity contribution in [3.63, 3.8) is 0 Å². The summed E-state index contributed by atoms with van der Waals surface area (Å²) >= 11 is 12.6. The second-order valence-corrected chi connectivity index (χ2v) is 9.91. The van der Waals surface area contributed by atoms with Crippen LogP contribution in [-0.4, -0.2) is 21.3 Å². The van der Waals surface area contributed by atoms with Crippen LogP contribution in [0.25, 0.3) is 22.6 Å². The molecule has 190 valence electrons. The van der Waals surface area contributed by atoms with Gasteiger partial charge >= 0.3 is 0 Å². The molecule has 5 rings (SSSR count). The van der Waals surface area contributed by atoms with E-state index >= 15 is 0 Å². The maximum atomic E-state index is 12.8. The predicted molar refractivity (Wildman–Crippen MR) is 156 cm³/mol. The fourth-order valence-electron chi connectivity index (χ4n) is 4.65. The van der Waals surface area contributed by atoms with Crippen molar-refractivity contribution in [3.8, 4) is 22.6 Å². The molecule has 5 aromatic rings. The number of nitrogens with one attached hydrogen (secondary N) is 1. The Labute approximate surface area is 232 Å². The second-order valence-electron chi connectivity index (χ2n) is 9.07. The number of rotatable bonds is 6. The molecule has 1 amide bonds. The van der Waals surface area contributed by atoms with Crippen molar-refractivity contribution >= 4 is 35.3 Å². The lowest BCUT2D eigenvalue weighted by atomic mass is 10.1. The molecule has 0 aliphatic carbocycles. The van der Waals surface area contributed by atoms with Crippen LogP contribution < -0.4 is 5.43 Å². The van der Waals surface area contributed by atoms with Gasteiger partial charge in [-0.25, -0.2) is 5.43 Å². The number of aromatic nitrogens is 2. The first kappa shape index (κ1) is 25.6. The van der Waals surface area contributed by atoms with Crippen LogP contribution in [-0.2, 0) is 0 Å². The lowest BCUT2D eigenvalue weighted by molar-refractivity contribution is 0.0955. The number of benzene rings is 3. The van der Waals surface area contributed by atoms with Crippen LogP contribution in [0, 0.1) is 20.8 Å². The highest BCUT2D eigenvalue weighted by Gasteiger charge is 2.14. The lowest BCUT2D eigenvalue weighted by Crippen LogP contribution is -2.17. The maximum Gasteiger partial charge on any atom is 0.271 e. The molecule has 0 radical (unpaired) electrons. The fraction of sp³-hybridized carbons (Fsp3) is 0.0968. The first-order valence-electron chi connectivity index (χ1n) is 12.2. The van der Waals surface area contributed by atoms with Crippen LogP contribution in [0.5, 0.6) is 0 Å². The number of halogens is 2. The van der Waals surface area contributed by atoms with Crippen LogP contribution in [0.3, 0.4) is 0 Å². The fourth-order valence-corrected chi connectivity index (χ4v) is 5.02. The van der Waals surface area contributed by atoms with Crippen LogP contribution in [0.2, 0.25) is 10.0 Å². The smallest absolute Gasteiger partial charge is 0.271 e. The maximum absolute atomic E-state index is 12.8. The van der Waals surface area contributed by atoms with Gasteiger partial charge in [0.05, 0.1) is 22.6 Å². The molecule has 0 fully saturated rings. The van der Waals surface area contributed by atoms with E-state index in [2.05, 4.69) is 46.3 Å². The topological polar surface area (TPSA) is 51.3 Å². The molecule has 38 heavy (non-hydrogen) atoms. The second kappa shape index (κ2) is 10.7. The Hall–Kier alpha value is -4.06. The Morgan fingerprint density at radius 2 is 1.55 bits per heavy atom. The van der Waals surface area contributed by atoms with Gasteiger partial charge in [0.25, 0.3) is 5.91 Å². The van der Waals surface area contributed by atoms with Gasteiger partial charge < -0.3 is 9.13 Å². The predicted octanol–water partition coefficient (Wildman–Crippen LogP) is 7.93. The third-order valence-corrected chi connectivity index (χ3v) is 7.08. The van der Waals surface area contributed by atoms with E-state index in [4.69, 9.17) is 23.2 Å². The van der Waals surface area contributed by atoms with Crippen LogP contribution in [0.1, 0.15) is 33.0 Å². The van der Waals surface area contributed by atoms with Gasteiger partial charge in [-0.2, -0.15) is 5.10 Å². The summed E-state index contributed by atoms with van der Waals surface area (Å²) in [6.07, 6.45) is 1.64. The van der Waals surface area contributed by atoms with Crippen molar-refractivity contribution in [1.82, 2.24) is 14.6 Å². The average Bonchev–Trinajstić information content (AvgIpc) is 3.44. The number of hydrogen-bond donors (Lipinski definition) is 1. The minimum Gasteiger partial charge on any atom is -0.316 e. The standard InChI is InChI=1S/C31H26Cl2N4O/c1-20-9-16-29(23-7-5-4-6-8-23)37(20)27-13-10-24(11-14-27)31(38)35-34-19-25-17-21(2)36(22(25)3)30-18-26(32)12-15-28(30)33/h4-19H,1-3H3,(H,35,38)/b34-19+. The van der Waals surface area contributed by atoms with E-state index in [0.717, 1.165) is 45.3 Å². The molecule has 1 N–H and O–H groups in total. The van der Waals surface area contributed by atoms with E-state index in [-0.39, 0.29) is 5.91 Å². The normalized spacial score (nSPS) is 11.3. The lowest BCUT2D eigenvalue weighted by Gasteiger charge is -2.13. The molecule has 5 nitrogen and oxygen atoms in total. The number of carbonyl (C=O) groups is 1. The van der Waals surface area contributed by atoms with E-state index in [1.807, 2.05) is 60.9 Å². The van der Waals surface area contributed by atoms with Gasteiger partial charge in [-0.05, 0) is 87.0 Å². The monoisotopic (exact) mass is 540 g/mol. The molecule has 0 bridgehead atoms. The Morgan fingerprint density at radius 3 is 2.29 bits per heavy atom. The minimum absolute atomic E-state index is 0.285. The summed E-state index contributed by atoms with van der Waals surface area (Å²) in [6.45, 7) is 6.02. The van der Waals surface area contributed by atoms with Crippen molar-refractivity contribution < 1.29 is 4.79 Å². The number of hydrazone groups is 1. The summed E-state index contributed by atoms with van der Waals surface area (Å²) < 4.78 is 4.19. The highest BCUT2D eigenvalue weighted by atomic mass is 35.5. The zero-order chi connectivity index (χ0) is 26.8. The molecule has 0 unspecified atom stereocenters. The summed E-state index contributed by atoms with van der Waals surface area (Å²) in [7, 11) is 0. The zero-order valence-corrected chi connectivity index (χ0v) is 22.8. The molecule has 0 aliphatic heterocycles. The highest BCUT2D eigenvalue weighted by molar-refractivity contribution is 6.34. The third-order valence-electron chi connectivity index (χ3n) is 6.52. The van der Waals surface area contributed by atoms with E-state index in [0.29, 0.717) is 15.6 Å². The zero-order valence-electron chi connectivity index (χ0n) is 21.2. The SMILES string of the molecule is Cc1ccc(-c2ccccc2)n1-c1ccc(C(=O)N/N=C/c2cc(C)n(-c3cc(Cl)ccc3Cl)c2C)cc1. The summed E-state index contributed by atoms with van der Waals surface area (Å²) in [5.41, 5.74) is 11.1. The number of aryl methyl sites for hydroxylation is 2. The van der Waals surface area contributed by atoms with Gasteiger partial charge in [0.2, 0.25) is 0 Å². The quantitative estimate of drug-likeness (QED) is 0.172. The molecule has 0 saturated heterocycles. The van der Waals surface area contributed by atoms with Gasteiger partial charge in [-0.15, -0.1) is 0 Å². The average molecular weight is 541 g/mol. The van der Waals surface area contributed by atoms with Crippen molar-refractivity contribution in [2.24, 2.45) is 5.10 Å². The highest BCUT2D eigenvalue weighted by Crippen LogP contribution is 2.29. The molecular formula is C31H26Cl2N4O. The number of nitrogens with zero attached hydrogens (tertiary/aromatic N) is 3. The van der Waals surface area contributed by atoms with Crippen LogP contribution in [0.4, 0.5) is 0 Å². The van der Waals surface area contributed by atoms with Crippen molar-refractivity contribution in [2.75, 3.05) is 0 Å². The summed E-state index contributed by atoms with van der Waals surface area (Å²) in [5.74, 6) is -0.285. The first-order chi connectivity index (χ1) is 18.3. The Morgan fingerprint density at radius 1 is 0.816 bits per heavy atom. The Bertz CT molecular complexity index is 1650. The van der Waals surface area contributed by atoms with Crippen molar-refractivity contribution in [2.45, 2.75) is 20.8 Å².